The average Bonchev–Trinajstić information content (AvgIpc) is 2.89. The number of aromatic nitrogens is 1. The Balaban J connectivity index is 2.03. The number of nitriles is 2. The summed E-state index contributed by atoms with van der Waals surface area (Å²) in [5.41, 5.74) is 3.24. The maximum atomic E-state index is 13.3. The van der Waals surface area contributed by atoms with Crippen molar-refractivity contribution < 1.29 is 24.2 Å². The van der Waals surface area contributed by atoms with Crippen LogP contribution in [-0.2, 0) is 29.1 Å². The number of ether oxygens (including phenoxy) is 2. The Morgan fingerprint density at radius 3 is 2.36 bits per heavy atom. The van der Waals surface area contributed by atoms with E-state index >= 15 is 0 Å². The van der Waals surface area contributed by atoms with Crippen molar-refractivity contribution in [1.29, 1.82) is 10.5 Å². The molecular weight excluding hydrogens is 496 g/mol. The molecule has 1 N–H and O–H groups in total. The zero-order valence-corrected chi connectivity index (χ0v) is 22.4. The van der Waals surface area contributed by atoms with Crippen LogP contribution in [0.4, 0.5) is 10.5 Å². The largest absolute Gasteiger partial charge is 0.487 e. The summed E-state index contributed by atoms with van der Waals surface area (Å²) in [5, 5.41) is 27.8. The Morgan fingerprint density at radius 2 is 1.74 bits per heavy atom. The molecule has 9 nitrogen and oxygen atoms in total. The molecule has 0 aliphatic carbocycles. The van der Waals surface area contributed by atoms with Crippen molar-refractivity contribution in [3.63, 3.8) is 0 Å². The highest BCUT2D eigenvalue weighted by molar-refractivity contribution is 5.88. The molecule has 39 heavy (non-hydrogen) atoms. The number of carbonyl (C=O) groups excluding carboxylic acids is 1. The Hall–Kier alpha value is -4.89. The number of carbonyl (C=O) groups is 2. The predicted octanol–water partition coefficient (Wildman–Crippen LogP) is 5.67. The van der Waals surface area contributed by atoms with E-state index in [4.69, 9.17) is 9.47 Å². The second kappa shape index (κ2) is 12.6. The topological polar surface area (TPSA) is 137 Å². The second-order valence-electron chi connectivity index (χ2n) is 9.90. The van der Waals surface area contributed by atoms with Crippen LogP contribution in [0.1, 0.15) is 60.7 Å². The van der Waals surface area contributed by atoms with E-state index in [9.17, 15) is 25.2 Å². The summed E-state index contributed by atoms with van der Waals surface area (Å²) in [7, 11) is 0. The van der Waals surface area contributed by atoms with E-state index in [0.717, 1.165) is 5.56 Å². The third-order valence-electron chi connectivity index (χ3n) is 5.68. The fraction of sp³-hybridized carbons (Fsp3) is 0.300. The van der Waals surface area contributed by atoms with Crippen molar-refractivity contribution in [1.82, 2.24) is 4.98 Å². The lowest BCUT2D eigenvalue weighted by molar-refractivity contribution is -0.136. The minimum absolute atomic E-state index is 0.0311. The van der Waals surface area contributed by atoms with E-state index in [1.165, 1.54) is 4.90 Å². The molecule has 0 saturated heterocycles. The molecule has 2 aromatic carbocycles. The maximum Gasteiger partial charge on any atom is 0.415 e. The zero-order valence-electron chi connectivity index (χ0n) is 22.4. The molecule has 0 bridgehead atoms. The van der Waals surface area contributed by atoms with Crippen LogP contribution in [0.2, 0.25) is 0 Å². The Labute approximate surface area is 227 Å². The molecule has 0 aliphatic rings. The van der Waals surface area contributed by atoms with Gasteiger partial charge in [0.2, 0.25) is 0 Å². The number of benzene rings is 2. The number of aryl methyl sites for hydroxylation is 1. The molecule has 0 saturated carbocycles. The van der Waals surface area contributed by atoms with E-state index in [1.54, 1.807) is 76.4 Å². The van der Waals surface area contributed by atoms with E-state index < -0.39 is 17.7 Å². The van der Waals surface area contributed by atoms with Crippen LogP contribution < -0.4 is 9.64 Å². The van der Waals surface area contributed by atoms with Gasteiger partial charge in [0.1, 0.15) is 18.0 Å². The maximum absolute atomic E-state index is 13.3. The Kier molecular flexibility index (Phi) is 9.24. The van der Waals surface area contributed by atoms with E-state index in [-0.39, 0.29) is 26.0 Å². The molecule has 0 fully saturated rings. The Bertz CT molecular complexity index is 1430. The lowest BCUT2D eigenvalue weighted by Gasteiger charge is -2.28. The van der Waals surface area contributed by atoms with Crippen LogP contribution in [-0.4, -0.2) is 27.8 Å². The average molecular weight is 527 g/mol. The normalized spacial score (nSPS) is 10.7. The number of hydrogen-bond donors (Lipinski definition) is 1. The summed E-state index contributed by atoms with van der Waals surface area (Å²) in [6.45, 7) is 7.24. The fourth-order valence-electron chi connectivity index (χ4n) is 3.86. The highest BCUT2D eigenvalue weighted by Gasteiger charge is 2.26. The van der Waals surface area contributed by atoms with Crippen LogP contribution >= 0.6 is 0 Å². The molecule has 3 rings (SSSR count). The summed E-state index contributed by atoms with van der Waals surface area (Å²) in [5.74, 6) is -0.542. The molecule has 9 heteroatoms. The first-order valence-electron chi connectivity index (χ1n) is 12.3. The first-order chi connectivity index (χ1) is 18.5. The number of carboxylic acids is 1. The molecule has 0 atom stereocenters. The molecule has 1 amide bonds. The number of anilines is 1. The highest BCUT2D eigenvalue weighted by Crippen LogP contribution is 2.31. The van der Waals surface area contributed by atoms with Gasteiger partial charge in [-0.25, -0.2) is 4.79 Å². The summed E-state index contributed by atoms with van der Waals surface area (Å²) in [6, 6.07) is 17.7. The monoisotopic (exact) mass is 526 g/mol. The van der Waals surface area contributed by atoms with Crippen molar-refractivity contribution in [2.75, 3.05) is 4.90 Å². The molecule has 200 valence electrons. The minimum atomic E-state index is -0.973. The number of rotatable bonds is 9. The van der Waals surface area contributed by atoms with Gasteiger partial charge in [-0.15, -0.1) is 0 Å². The van der Waals surface area contributed by atoms with Crippen molar-refractivity contribution >= 4 is 17.7 Å². The number of hydrogen-bond acceptors (Lipinski definition) is 7. The molecule has 0 unspecified atom stereocenters. The molecule has 0 aliphatic heterocycles. The number of carboxylic acid groups (broad SMARTS) is 1. The predicted molar refractivity (Wildman–Crippen MR) is 144 cm³/mol. The number of amides is 1. The van der Waals surface area contributed by atoms with Gasteiger partial charge < -0.3 is 14.6 Å². The van der Waals surface area contributed by atoms with Crippen molar-refractivity contribution in [2.45, 2.75) is 59.3 Å². The fourth-order valence-corrected chi connectivity index (χ4v) is 3.86. The van der Waals surface area contributed by atoms with Crippen molar-refractivity contribution in [3.05, 3.63) is 88.2 Å². The van der Waals surface area contributed by atoms with Gasteiger partial charge in [0.05, 0.1) is 35.5 Å². The lowest BCUT2D eigenvalue weighted by atomic mass is 10.0. The molecule has 1 heterocycles. The van der Waals surface area contributed by atoms with E-state index in [2.05, 4.69) is 17.1 Å². The van der Waals surface area contributed by atoms with Crippen LogP contribution in [0.3, 0.4) is 0 Å². The van der Waals surface area contributed by atoms with Crippen LogP contribution in [0.25, 0.3) is 0 Å². The van der Waals surface area contributed by atoms with Crippen LogP contribution in [0.15, 0.2) is 54.7 Å². The van der Waals surface area contributed by atoms with Crippen LogP contribution in [0.5, 0.6) is 5.75 Å². The van der Waals surface area contributed by atoms with Crippen molar-refractivity contribution in [2.24, 2.45) is 0 Å². The van der Waals surface area contributed by atoms with Crippen LogP contribution in [0, 0.1) is 29.6 Å². The van der Waals surface area contributed by atoms with E-state index in [0.29, 0.717) is 39.4 Å². The second-order valence-corrected chi connectivity index (χ2v) is 9.90. The summed E-state index contributed by atoms with van der Waals surface area (Å²) in [4.78, 5) is 30.7. The summed E-state index contributed by atoms with van der Waals surface area (Å²) < 4.78 is 11.8. The third kappa shape index (κ3) is 8.05. The van der Waals surface area contributed by atoms with Gasteiger partial charge in [0, 0.05) is 23.9 Å². The third-order valence-corrected chi connectivity index (χ3v) is 5.68. The molecule has 0 spiro atoms. The molecule has 1 aromatic heterocycles. The van der Waals surface area contributed by atoms with Gasteiger partial charge in [-0.1, -0.05) is 12.1 Å². The standard InChI is InChI=1S/C30H30N4O5/c1-20-28(38-19-23-7-5-6-22(14-23)16-32)26(12-13-27(35)36)24(17-33-20)18-34(29(37)39-30(2,3)4)25-10-8-21(15-31)9-11-25/h5-11,14,17H,12-13,18-19H2,1-4H3,(H,35,36). The lowest BCUT2D eigenvalue weighted by Crippen LogP contribution is -2.36. The molecular formula is C30H30N4O5. The summed E-state index contributed by atoms with van der Waals surface area (Å²) >= 11 is 0. The summed E-state index contributed by atoms with van der Waals surface area (Å²) in [6.07, 6.45) is 1.00. The minimum Gasteiger partial charge on any atom is -0.487 e. The quantitative estimate of drug-likeness (QED) is 0.376. The highest BCUT2D eigenvalue weighted by atomic mass is 16.6. The Morgan fingerprint density at radius 1 is 1.05 bits per heavy atom. The smallest absolute Gasteiger partial charge is 0.415 e. The zero-order chi connectivity index (χ0) is 28.6. The van der Waals surface area contributed by atoms with Gasteiger partial charge in [-0.05, 0) is 81.6 Å². The number of nitrogens with zero attached hydrogens (tertiary/aromatic N) is 4. The van der Waals surface area contributed by atoms with E-state index in [1.807, 2.05) is 6.07 Å². The van der Waals surface area contributed by atoms with Crippen molar-refractivity contribution in [3.8, 4) is 17.9 Å². The van der Waals surface area contributed by atoms with Gasteiger partial charge in [0.15, 0.2) is 0 Å². The first-order valence-corrected chi connectivity index (χ1v) is 12.3. The first kappa shape index (κ1) is 28.7. The van der Waals surface area contributed by atoms with Gasteiger partial charge >= 0.3 is 12.1 Å². The number of aliphatic carboxylic acids is 1. The van der Waals surface area contributed by atoms with Gasteiger partial charge in [-0.3, -0.25) is 14.7 Å². The van der Waals surface area contributed by atoms with Gasteiger partial charge in [-0.2, -0.15) is 10.5 Å². The number of pyridine rings is 1. The SMILES string of the molecule is Cc1ncc(CN(C(=O)OC(C)(C)C)c2ccc(C#N)cc2)c(CCC(=O)O)c1OCc1cccc(C#N)c1. The molecule has 3 aromatic rings. The van der Waals surface area contributed by atoms with Gasteiger partial charge in [0.25, 0.3) is 0 Å². The molecule has 0 radical (unpaired) electrons.